The van der Waals surface area contributed by atoms with Gasteiger partial charge in [0.05, 0.1) is 5.75 Å². The van der Waals surface area contributed by atoms with Crippen molar-refractivity contribution in [3.05, 3.63) is 0 Å². The molecule has 7 nitrogen and oxygen atoms in total. The molecule has 110 valence electrons. The number of nitrogens with one attached hydrogen (secondary N) is 2. The summed E-state index contributed by atoms with van der Waals surface area (Å²) in [6.45, 7) is 1.17. The summed E-state index contributed by atoms with van der Waals surface area (Å²) < 4.78 is 4.85. The van der Waals surface area contributed by atoms with E-state index in [-0.39, 0.29) is 18.1 Å². The van der Waals surface area contributed by atoms with Crippen molar-refractivity contribution >= 4 is 30.0 Å². The van der Waals surface area contributed by atoms with Crippen molar-refractivity contribution in [2.24, 2.45) is 0 Å². The zero-order chi connectivity index (χ0) is 14.5. The second-order valence-corrected chi connectivity index (χ2v) is 4.82. The molecule has 0 saturated carbocycles. The smallest absolute Gasteiger partial charge is 0.326 e. The molecule has 0 aromatic carbocycles. The number of carbonyl (C=O) groups excluding carboxylic acids is 2. The summed E-state index contributed by atoms with van der Waals surface area (Å²) >= 11 is 1.33. The van der Waals surface area contributed by atoms with Gasteiger partial charge < -0.3 is 20.5 Å². The first-order valence-corrected chi connectivity index (χ1v) is 7.03. The molecule has 0 aromatic heterocycles. The molecule has 19 heavy (non-hydrogen) atoms. The van der Waals surface area contributed by atoms with E-state index in [1.807, 2.05) is 0 Å². The highest BCUT2D eigenvalue weighted by Crippen LogP contribution is 2.04. The number of methoxy groups -OCH3 is 1. The number of hydrogen-bond acceptors (Lipinski definition) is 5. The van der Waals surface area contributed by atoms with Crippen molar-refractivity contribution in [3.8, 4) is 0 Å². The van der Waals surface area contributed by atoms with Crippen molar-refractivity contribution in [2.75, 3.05) is 31.8 Å². The van der Waals surface area contributed by atoms with Crippen molar-refractivity contribution in [1.29, 1.82) is 0 Å². The van der Waals surface area contributed by atoms with Crippen LogP contribution < -0.4 is 10.6 Å². The van der Waals surface area contributed by atoms with Crippen LogP contribution in [-0.4, -0.2) is 61.2 Å². The molecule has 0 radical (unpaired) electrons. The van der Waals surface area contributed by atoms with Crippen LogP contribution in [0.3, 0.4) is 0 Å². The summed E-state index contributed by atoms with van der Waals surface area (Å²) in [5, 5.41) is 13.7. The molecule has 0 heterocycles. The summed E-state index contributed by atoms with van der Waals surface area (Å²) in [6, 6.07) is -0.894. The second kappa shape index (κ2) is 11.8. The van der Waals surface area contributed by atoms with Crippen LogP contribution in [0.1, 0.15) is 12.8 Å². The SMILES string of the molecule is COCCCNC(=O)CSCCC(NC=O)C(=O)O. The molecular formula is C11H20N2O5S. The summed E-state index contributed by atoms with van der Waals surface area (Å²) in [5.74, 6) is -0.392. The zero-order valence-corrected chi connectivity index (χ0v) is 11.7. The maximum absolute atomic E-state index is 11.3. The molecule has 0 rings (SSSR count). The minimum Gasteiger partial charge on any atom is -0.480 e. The molecule has 0 spiro atoms. The number of carboxylic acid groups (broad SMARTS) is 1. The predicted octanol–water partition coefficient (Wildman–Crippen LogP) is -0.538. The molecule has 0 bridgehead atoms. The van der Waals surface area contributed by atoms with Crippen LogP contribution in [0.4, 0.5) is 0 Å². The number of amides is 2. The van der Waals surface area contributed by atoms with E-state index in [0.29, 0.717) is 25.3 Å². The van der Waals surface area contributed by atoms with Gasteiger partial charge >= 0.3 is 5.97 Å². The minimum absolute atomic E-state index is 0.0867. The van der Waals surface area contributed by atoms with E-state index in [9.17, 15) is 14.4 Å². The Bertz CT molecular complexity index is 288. The topological polar surface area (TPSA) is 105 Å². The summed E-state index contributed by atoms with van der Waals surface area (Å²) in [6.07, 6.45) is 1.42. The highest BCUT2D eigenvalue weighted by Gasteiger charge is 2.15. The highest BCUT2D eigenvalue weighted by atomic mass is 32.2. The number of carbonyl (C=O) groups is 3. The predicted molar refractivity (Wildman–Crippen MR) is 72.1 cm³/mol. The van der Waals surface area contributed by atoms with Gasteiger partial charge in [-0.3, -0.25) is 9.59 Å². The first-order valence-electron chi connectivity index (χ1n) is 5.87. The van der Waals surface area contributed by atoms with Crippen LogP contribution in [-0.2, 0) is 19.1 Å². The molecule has 2 amide bonds. The lowest BCUT2D eigenvalue weighted by atomic mass is 10.2. The number of carboxylic acids is 1. The Hall–Kier alpha value is -1.28. The maximum Gasteiger partial charge on any atom is 0.326 e. The summed E-state index contributed by atoms with van der Waals surface area (Å²) in [4.78, 5) is 32.2. The zero-order valence-electron chi connectivity index (χ0n) is 10.9. The van der Waals surface area contributed by atoms with Crippen LogP contribution in [0.2, 0.25) is 0 Å². The van der Waals surface area contributed by atoms with Gasteiger partial charge in [-0.15, -0.1) is 0 Å². The lowest BCUT2D eigenvalue weighted by Gasteiger charge is -2.10. The van der Waals surface area contributed by atoms with Gasteiger partial charge in [-0.2, -0.15) is 11.8 Å². The summed E-state index contributed by atoms with van der Waals surface area (Å²) in [5.41, 5.74) is 0. The molecule has 0 saturated heterocycles. The molecule has 0 fully saturated rings. The van der Waals surface area contributed by atoms with Crippen LogP contribution in [0.15, 0.2) is 0 Å². The molecule has 3 N–H and O–H groups in total. The quantitative estimate of drug-likeness (QED) is 0.330. The second-order valence-electron chi connectivity index (χ2n) is 3.71. The number of aliphatic carboxylic acids is 1. The normalized spacial score (nSPS) is 11.6. The Labute approximate surface area is 116 Å². The maximum atomic E-state index is 11.3. The van der Waals surface area contributed by atoms with E-state index in [4.69, 9.17) is 9.84 Å². The fraction of sp³-hybridized carbons (Fsp3) is 0.727. The Morgan fingerprint density at radius 2 is 2.21 bits per heavy atom. The van der Waals surface area contributed by atoms with Gasteiger partial charge in [0.25, 0.3) is 0 Å². The minimum atomic E-state index is -1.07. The monoisotopic (exact) mass is 292 g/mol. The van der Waals surface area contributed by atoms with E-state index in [1.165, 1.54) is 11.8 Å². The first-order chi connectivity index (χ1) is 9.11. The Morgan fingerprint density at radius 1 is 1.47 bits per heavy atom. The lowest BCUT2D eigenvalue weighted by molar-refractivity contribution is -0.140. The average Bonchev–Trinajstić information content (AvgIpc) is 2.38. The Kier molecular flexibility index (Phi) is 11.0. The van der Waals surface area contributed by atoms with Gasteiger partial charge in [-0.25, -0.2) is 4.79 Å². The third-order valence-electron chi connectivity index (χ3n) is 2.20. The van der Waals surface area contributed by atoms with Crippen LogP contribution in [0, 0.1) is 0 Å². The third-order valence-corrected chi connectivity index (χ3v) is 3.19. The molecule has 8 heteroatoms. The molecule has 0 aliphatic heterocycles. The molecule has 1 unspecified atom stereocenters. The molecular weight excluding hydrogens is 272 g/mol. The molecule has 0 aromatic rings. The Balaban J connectivity index is 3.58. The van der Waals surface area contributed by atoms with E-state index in [1.54, 1.807) is 7.11 Å². The van der Waals surface area contributed by atoms with E-state index in [0.717, 1.165) is 6.42 Å². The van der Waals surface area contributed by atoms with E-state index < -0.39 is 12.0 Å². The number of rotatable bonds is 12. The Morgan fingerprint density at radius 3 is 2.79 bits per heavy atom. The van der Waals surface area contributed by atoms with Gasteiger partial charge in [-0.05, 0) is 18.6 Å². The van der Waals surface area contributed by atoms with Crippen LogP contribution in [0.25, 0.3) is 0 Å². The fourth-order valence-electron chi connectivity index (χ4n) is 1.22. The van der Waals surface area contributed by atoms with Gasteiger partial charge in [0, 0.05) is 20.3 Å². The number of hydrogen-bond donors (Lipinski definition) is 3. The number of thioether (sulfide) groups is 1. The van der Waals surface area contributed by atoms with Crippen molar-refractivity contribution in [1.82, 2.24) is 10.6 Å². The largest absolute Gasteiger partial charge is 0.480 e. The van der Waals surface area contributed by atoms with Crippen molar-refractivity contribution in [2.45, 2.75) is 18.9 Å². The van der Waals surface area contributed by atoms with Crippen molar-refractivity contribution in [3.63, 3.8) is 0 Å². The van der Waals surface area contributed by atoms with Crippen LogP contribution >= 0.6 is 11.8 Å². The number of ether oxygens (including phenoxy) is 1. The van der Waals surface area contributed by atoms with Gasteiger partial charge in [0.2, 0.25) is 12.3 Å². The lowest BCUT2D eigenvalue weighted by Crippen LogP contribution is -2.36. The third kappa shape index (κ3) is 10.3. The molecule has 1 atom stereocenters. The first kappa shape index (κ1) is 17.7. The fourth-order valence-corrected chi connectivity index (χ4v) is 2.06. The highest BCUT2D eigenvalue weighted by molar-refractivity contribution is 7.99. The van der Waals surface area contributed by atoms with E-state index >= 15 is 0 Å². The van der Waals surface area contributed by atoms with Crippen molar-refractivity contribution < 1.29 is 24.2 Å². The molecule has 0 aliphatic carbocycles. The summed E-state index contributed by atoms with van der Waals surface area (Å²) in [7, 11) is 1.60. The average molecular weight is 292 g/mol. The molecule has 0 aliphatic rings. The van der Waals surface area contributed by atoms with Gasteiger partial charge in [0.15, 0.2) is 0 Å². The van der Waals surface area contributed by atoms with Crippen LogP contribution in [0.5, 0.6) is 0 Å². The van der Waals surface area contributed by atoms with Gasteiger partial charge in [0.1, 0.15) is 6.04 Å². The standard InChI is InChI=1S/C11H20N2O5S/c1-18-5-2-4-12-10(15)7-19-6-3-9(11(16)17)13-8-14/h8-9H,2-7H2,1H3,(H,12,15)(H,13,14)(H,16,17). The van der Waals surface area contributed by atoms with E-state index in [2.05, 4.69) is 10.6 Å². The van der Waals surface area contributed by atoms with Gasteiger partial charge in [-0.1, -0.05) is 0 Å².